The first kappa shape index (κ1) is 18.9. The highest BCUT2D eigenvalue weighted by atomic mass is 16.5. The van der Waals surface area contributed by atoms with Crippen LogP contribution < -0.4 is 20.7 Å². The zero-order valence-electron chi connectivity index (χ0n) is 15.5. The van der Waals surface area contributed by atoms with Crippen molar-refractivity contribution in [1.82, 2.24) is 4.98 Å². The molecule has 0 saturated heterocycles. The first-order valence-corrected chi connectivity index (χ1v) is 8.59. The summed E-state index contributed by atoms with van der Waals surface area (Å²) >= 11 is 0. The van der Waals surface area contributed by atoms with E-state index in [4.69, 9.17) is 4.74 Å². The molecule has 0 unspecified atom stereocenters. The number of nitrogens with one attached hydrogen (secondary N) is 3. The van der Waals surface area contributed by atoms with E-state index < -0.39 is 0 Å². The van der Waals surface area contributed by atoms with Crippen LogP contribution in [0.5, 0.6) is 5.75 Å². The minimum atomic E-state index is -0.246. The van der Waals surface area contributed by atoms with E-state index in [1.807, 2.05) is 18.2 Å². The Kier molecular flexibility index (Phi) is 5.86. The summed E-state index contributed by atoms with van der Waals surface area (Å²) in [4.78, 5) is 27.6. The highest BCUT2D eigenvalue weighted by Crippen LogP contribution is 2.20. The number of carbonyl (C=O) groups excluding carboxylic acids is 2. The van der Waals surface area contributed by atoms with Gasteiger partial charge in [-0.05, 0) is 60.7 Å². The molecule has 3 rings (SSSR count). The molecule has 3 N–H and O–H groups in total. The summed E-state index contributed by atoms with van der Waals surface area (Å²) in [6.45, 7) is 1.47. The summed E-state index contributed by atoms with van der Waals surface area (Å²) in [6.07, 6.45) is 1.63. The van der Waals surface area contributed by atoms with E-state index >= 15 is 0 Å². The molecule has 0 radical (unpaired) electrons. The molecule has 142 valence electrons. The Morgan fingerprint density at radius 1 is 0.821 bits per heavy atom. The third-order valence-electron chi connectivity index (χ3n) is 3.85. The zero-order chi connectivity index (χ0) is 19.9. The average Bonchev–Trinajstić information content (AvgIpc) is 2.70. The number of carbonyl (C=O) groups is 2. The Morgan fingerprint density at radius 2 is 1.46 bits per heavy atom. The predicted octanol–water partition coefficient (Wildman–Crippen LogP) is 4.04. The second-order valence-corrected chi connectivity index (χ2v) is 6.00. The van der Waals surface area contributed by atoms with Crippen LogP contribution in [0.4, 0.5) is 22.9 Å². The smallest absolute Gasteiger partial charge is 0.256 e. The molecule has 0 aliphatic rings. The normalized spacial score (nSPS) is 10.1. The van der Waals surface area contributed by atoms with E-state index in [9.17, 15) is 9.59 Å². The fourth-order valence-corrected chi connectivity index (χ4v) is 2.48. The van der Waals surface area contributed by atoms with Crippen LogP contribution in [-0.4, -0.2) is 23.9 Å². The number of aromatic nitrogens is 1. The van der Waals surface area contributed by atoms with Crippen molar-refractivity contribution < 1.29 is 14.3 Å². The topological polar surface area (TPSA) is 92.4 Å². The number of methoxy groups -OCH3 is 1. The van der Waals surface area contributed by atoms with E-state index in [1.54, 1.807) is 55.8 Å². The van der Waals surface area contributed by atoms with Crippen molar-refractivity contribution in [2.24, 2.45) is 0 Å². The third-order valence-corrected chi connectivity index (χ3v) is 3.85. The number of ether oxygens (including phenoxy) is 1. The quantitative estimate of drug-likeness (QED) is 0.604. The Morgan fingerprint density at radius 3 is 2.04 bits per heavy atom. The first-order chi connectivity index (χ1) is 13.5. The molecule has 0 aliphatic carbocycles. The van der Waals surface area contributed by atoms with Crippen LogP contribution >= 0.6 is 0 Å². The summed E-state index contributed by atoms with van der Waals surface area (Å²) < 4.78 is 5.08. The predicted molar refractivity (Wildman–Crippen MR) is 109 cm³/mol. The third kappa shape index (κ3) is 5.07. The molecule has 0 bridgehead atoms. The van der Waals surface area contributed by atoms with Gasteiger partial charge in [-0.25, -0.2) is 4.98 Å². The molecule has 7 nitrogen and oxygen atoms in total. The van der Waals surface area contributed by atoms with Gasteiger partial charge in [0.15, 0.2) is 0 Å². The zero-order valence-corrected chi connectivity index (χ0v) is 15.5. The Labute approximate surface area is 162 Å². The molecule has 0 aliphatic heterocycles. The van der Waals surface area contributed by atoms with Crippen LogP contribution in [0.3, 0.4) is 0 Å². The Hall–Kier alpha value is -3.87. The van der Waals surface area contributed by atoms with Gasteiger partial charge in [-0.15, -0.1) is 0 Å². The van der Waals surface area contributed by atoms with Gasteiger partial charge < -0.3 is 20.7 Å². The molecule has 0 spiro atoms. The van der Waals surface area contributed by atoms with Crippen LogP contribution in [0, 0.1) is 0 Å². The summed E-state index contributed by atoms with van der Waals surface area (Å²) in [6, 6.07) is 17.7. The lowest BCUT2D eigenvalue weighted by molar-refractivity contribution is -0.114. The number of benzene rings is 2. The molecule has 0 fully saturated rings. The number of hydrogen-bond donors (Lipinski definition) is 3. The van der Waals surface area contributed by atoms with Crippen molar-refractivity contribution in [1.29, 1.82) is 0 Å². The molecule has 2 aromatic carbocycles. The highest BCUT2D eigenvalue weighted by Gasteiger charge is 2.07. The monoisotopic (exact) mass is 376 g/mol. The second-order valence-electron chi connectivity index (χ2n) is 6.00. The number of hydrogen-bond acceptors (Lipinski definition) is 5. The lowest BCUT2D eigenvalue weighted by Crippen LogP contribution is -2.12. The van der Waals surface area contributed by atoms with Crippen molar-refractivity contribution in [2.45, 2.75) is 6.92 Å². The van der Waals surface area contributed by atoms with Gasteiger partial charge in [0, 0.05) is 23.9 Å². The second kappa shape index (κ2) is 8.68. The van der Waals surface area contributed by atoms with Crippen LogP contribution in [-0.2, 0) is 4.79 Å². The van der Waals surface area contributed by atoms with Crippen LogP contribution in [0.25, 0.3) is 0 Å². The Bertz CT molecular complexity index is 952. The van der Waals surface area contributed by atoms with E-state index in [-0.39, 0.29) is 11.8 Å². The van der Waals surface area contributed by atoms with E-state index in [1.165, 1.54) is 6.92 Å². The van der Waals surface area contributed by atoms with Gasteiger partial charge in [0.05, 0.1) is 19.0 Å². The maximum absolute atomic E-state index is 12.3. The van der Waals surface area contributed by atoms with Gasteiger partial charge in [-0.3, -0.25) is 9.59 Å². The highest BCUT2D eigenvalue weighted by molar-refractivity contribution is 6.03. The van der Waals surface area contributed by atoms with Gasteiger partial charge in [0.1, 0.15) is 11.6 Å². The molecule has 3 aromatic rings. The summed E-state index contributed by atoms with van der Waals surface area (Å²) in [5.41, 5.74) is 2.87. The molecular weight excluding hydrogens is 356 g/mol. The van der Waals surface area contributed by atoms with Crippen molar-refractivity contribution in [3.63, 3.8) is 0 Å². The van der Waals surface area contributed by atoms with Gasteiger partial charge in [0.2, 0.25) is 5.91 Å². The molecule has 28 heavy (non-hydrogen) atoms. The first-order valence-electron chi connectivity index (χ1n) is 8.59. The van der Waals surface area contributed by atoms with Crippen molar-refractivity contribution >= 4 is 34.7 Å². The maximum atomic E-state index is 12.3. The van der Waals surface area contributed by atoms with Crippen molar-refractivity contribution in [2.75, 3.05) is 23.1 Å². The van der Waals surface area contributed by atoms with E-state index in [0.717, 1.165) is 17.1 Å². The van der Waals surface area contributed by atoms with Crippen molar-refractivity contribution in [3.05, 3.63) is 72.4 Å². The van der Waals surface area contributed by atoms with Crippen LogP contribution in [0.1, 0.15) is 17.3 Å². The molecule has 0 atom stereocenters. The van der Waals surface area contributed by atoms with Crippen LogP contribution in [0.2, 0.25) is 0 Å². The minimum Gasteiger partial charge on any atom is -0.497 e. The Balaban J connectivity index is 1.59. The molecule has 7 heteroatoms. The van der Waals surface area contributed by atoms with Crippen molar-refractivity contribution in [3.8, 4) is 5.75 Å². The van der Waals surface area contributed by atoms with Crippen LogP contribution in [0.15, 0.2) is 66.9 Å². The maximum Gasteiger partial charge on any atom is 0.256 e. The standard InChI is InChI=1S/C21H20N4O3/c1-14(26)23-16-5-7-17(8-6-16)24-18-9-12-20(22-13-18)25-21(27)15-3-10-19(28-2)11-4-15/h3-13,24H,1-2H3,(H,23,26)(H,22,25,27). The molecule has 0 saturated carbocycles. The molecular formula is C21H20N4O3. The number of anilines is 4. The fourth-order valence-electron chi connectivity index (χ4n) is 2.48. The lowest BCUT2D eigenvalue weighted by Gasteiger charge is -2.09. The van der Waals surface area contributed by atoms with E-state index in [2.05, 4.69) is 20.9 Å². The van der Waals surface area contributed by atoms with E-state index in [0.29, 0.717) is 17.1 Å². The molecule has 1 aromatic heterocycles. The molecule has 1 heterocycles. The summed E-state index contributed by atoms with van der Waals surface area (Å²) in [5, 5.41) is 8.68. The van der Waals surface area contributed by atoms with Gasteiger partial charge in [-0.2, -0.15) is 0 Å². The molecule has 2 amide bonds. The number of rotatable bonds is 6. The summed E-state index contributed by atoms with van der Waals surface area (Å²) in [5.74, 6) is 0.782. The van der Waals surface area contributed by atoms with Gasteiger partial charge >= 0.3 is 0 Å². The number of pyridine rings is 1. The summed E-state index contributed by atoms with van der Waals surface area (Å²) in [7, 11) is 1.58. The largest absolute Gasteiger partial charge is 0.497 e. The average molecular weight is 376 g/mol. The number of nitrogens with zero attached hydrogens (tertiary/aromatic N) is 1. The van der Waals surface area contributed by atoms with Gasteiger partial charge in [-0.1, -0.05) is 0 Å². The lowest BCUT2D eigenvalue weighted by atomic mass is 10.2. The number of amides is 2. The van der Waals surface area contributed by atoms with Gasteiger partial charge in [0.25, 0.3) is 5.91 Å². The SMILES string of the molecule is COc1ccc(C(=O)Nc2ccc(Nc3ccc(NC(C)=O)cc3)cn2)cc1. The fraction of sp³-hybridized carbons (Fsp3) is 0.0952. The minimum absolute atomic E-state index is 0.114.